The Morgan fingerprint density at radius 1 is 1.44 bits per heavy atom. The number of rotatable bonds is 1. The molecule has 0 saturated heterocycles. The molecule has 1 unspecified atom stereocenters. The average molecular weight is 249 g/mol. The van der Waals surface area contributed by atoms with Gasteiger partial charge in [0.05, 0.1) is 13.0 Å². The van der Waals surface area contributed by atoms with Crippen molar-refractivity contribution < 1.29 is 19.0 Å². The molecule has 0 amide bonds. The van der Waals surface area contributed by atoms with Crippen molar-refractivity contribution >= 4 is 5.97 Å². The summed E-state index contributed by atoms with van der Waals surface area (Å²) in [5.74, 6) is 0.803. The minimum atomic E-state index is -0.409. The number of methoxy groups -OCH3 is 1. The van der Waals surface area contributed by atoms with E-state index in [1.54, 1.807) is 0 Å². The number of hydrogen-bond donors (Lipinski definition) is 1. The Labute approximate surface area is 105 Å². The molecule has 2 atom stereocenters. The lowest BCUT2D eigenvalue weighted by atomic mass is 9.79. The zero-order valence-corrected chi connectivity index (χ0v) is 10.1. The monoisotopic (exact) mass is 249 g/mol. The van der Waals surface area contributed by atoms with Crippen LogP contribution in [0.2, 0.25) is 0 Å². The maximum atomic E-state index is 11.9. The van der Waals surface area contributed by atoms with Gasteiger partial charge >= 0.3 is 5.97 Å². The zero-order chi connectivity index (χ0) is 12.7. The van der Waals surface area contributed by atoms with E-state index < -0.39 is 5.92 Å². The third kappa shape index (κ3) is 1.54. The van der Waals surface area contributed by atoms with Gasteiger partial charge in [0.25, 0.3) is 0 Å². The second kappa shape index (κ2) is 4.17. The van der Waals surface area contributed by atoms with Crippen LogP contribution < -0.4 is 15.2 Å². The van der Waals surface area contributed by atoms with Crippen LogP contribution in [0.25, 0.3) is 0 Å². The lowest BCUT2D eigenvalue weighted by molar-refractivity contribution is -0.143. The van der Waals surface area contributed by atoms with Crippen LogP contribution in [0.5, 0.6) is 11.5 Å². The fraction of sp³-hybridized carbons (Fsp3) is 0.462. The Kier molecular flexibility index (Phi) is 2.63. The first-order valence-electron chi connectivity index (χ1n) is 5.97. The standard InChI is InChI=1S/C13H15NO4/c1-16-13(15)11-7-3-5-10-12(18-6-17-10)8(7)2-4-9(11)14/h3,5,9,11H,2,4,6,14H2,1H3/t9-,11?/m1/s1. The molecular formula is C13H15NO4. The predicted molar refractivity (Wildman–Crippen MR) is 63.6 cm³/mol. The molecule has 0 spiro atoms. The number of hydrogen-bond acceptors (Lipinski definition) is 5. The highest BCUT2D eigenvalue weighted by atomic mass is 16.7. The van der Waals surface area contributed by atoms with Gasteiger partial charge in [-0.1, -0.05) is 6.07 Å². The molecular weight excluding hydrogens is 234 g/mol. The molecule has 1 heterocycles. The van der Waals surface area contributed by atoms with Gasteiger partial charge in [0, 0.05) is 11.6 Å². The van der Waals surface area contributed by atoms with Gasteiger partial charge in [0.1, 0.15) is 0 Å². The van der Waals surface area contributed by atoms with Gasteiger partial charge in [0.15, 0.2) is 11.5 Å². The number of carbonyl (C=O) groups excluding carboxylic acids is 1. The molecule has 0 bridgehead atoms. The van der Waals surface area contributed by atoms with Crippen molar-refractivity contribution in [3.8, 4) is 11.5 Å². The van der Waals surface area contributed by atoms with Gasteiger partial charge in [0.2, 0.25) is 6.79 Å². The molecule has 2 N–H and O–H groups in total. The fourth-order valence-electron chi connectivity index (χ4n) is 2.73. The molecule has 1 aliphatic heterocycles. The Morgan fingerprint density at radius 3 is 3.06 bits per heavy atom. The first kappa shape index (κ1) is 11.3. The van der Waals surface area contributed by atoms with Crippen LogP contribution in [0.3, 0.4) is 0 Å². The maximum Gasteiger partial charge on any atom is 0.314 e. The highest BCUT2D eigenvalue weighted by Crippen LogP contribution is 2.43. The molecule has 18 heavy (non-hydrogen) atoms. The number of carbonyl (C=O) groups is 1. The van der Waals surface area contributed by atoms with Gasteiger partial charge in [-0.25, -0.2) is 0 Å². The van der Waals surface area contributed by atoms with Crippen molar-refractivity contribution in [2.75, 3.05) is 13.9 Å². The summed E-state index contributed by atoms with van der Waals surface area (Å²) < 4.78 is 15.7. The SMILES string of the molecule is COC(=O)C1c2ccc3c(c2CC[C@H]1N)OCO3. The smallest absolute Gasteiger partial charge is 0.314 e. The van der Waals surface area contributed by atoms with Crippen LogP contribution in [-0.4, -0.2) is 25.9 Å². The third-order valence-corrected chi connectivity index (χ3v) is 3.62. The normalized spacial score (nSPS) is 24.6. The molecule has 2 aliphatic rings. The first-order chi connectivity index (χ1) is 8.72. The number of fused-ring (bicyclic) bond motifs is 3. The minimum absolute atomic E-state index is 0.203. The van der Waals surface area contributed by atoms with Crippen LogP contribution in [0.4, 0.5) is 0 Å². The zero-order valence-electron chi connectivity index (χ0n) is 10.1. The molecule has 1 aromatic carbocycles. The third-order valence-electron chi connectivity index (χ3n) is 3.62. The molecule has 5 heteroatoms. The summed E-state index contributed by atoms with van der Waals surface area (Å²) in [7, 11) is 1.39. The summed E-state index contributed by atoms with van der Waals surface area (Å²) in [6, 6.07) is 3.52. The van der Waals surface area contributed by atoms with E-state index in [0.717, 1.165) is 35.5 Å². The Bertz CT molecular complexity index is 500. The van der Waals surface area contributed by atoms with E-state index >= 15 is 0 Å². The summed E-state index contributed by atoms with van der Waals surface area (Å²) in [6.07, 6.45) is 1.54. The van der Waals surface area contributed by atoms with Crippen molar-refractivity contribution in [3.63, 3.8) is 0 Å². The molecule has 1 aromatic rings. The van der Waals surface area contributed by atoms with E-state index in [9.17, 15) is 4.79 Å². The molecule has 0 fully saturated rings. The average Bonchev–Trinajstić information content (AvgIpc) is 2.86. The Hall–Kier alpha value is -1.75. The van der Waals surface area contributed by atoms with Crippen LogP contribution in [0, 0.1) is 0 Å². The Morgan fingerprint density at radius 2 is 2.28 bits per heavy atom. The lowest BCUT2D eigenvalue weighted by Crippen LogP contribution is -2.38. The number of benzene rings is 1. The first-order valence-corrected chi connectivity index (χ1v) is 5.97. The quantitative estimate of drug-likeness (QED) is 0.750. The topological polar surface area (TPSA) is 70.8 Å². The van der Waals surface area contributed by atoms with Gasteiger partial charge in [-0.15, -0.1) is 0 Å². The van der Waals surface area contributed by atoms with Gasteiger partial charge in [-0.05, 0) is 24.5 Å². The van der Waals surface area contributed by atoms with Crippen LogP contribution >= 0.6 is 0 Å². The molecule has 96 valence electrons. The van der Waals surface area contributed by atoms with Gasteiger partial charge in [-0.3, -0.25) is 4.79 Å². The van der Waals surface area contributed by atoms with Crippen LogP contribution in [0.1, 0.15) is 23.5 Å². The molecule has 5 nitrogen and oxygen atoms in total. The van der Waals surface area contributed by atoms with Crippen molar-refractivity contribution in [1.82, 2.24) is 0 Å². The van der Waals surface area contributed by atoms with E-state index in [1.165, 1.54) is 7.11 Å². The van der Waals surface area contributed by atoms with E-state index in [4.69, 9.17) is 19.9 Å². The van der Waals surface area contributed by atoms with Crippen molar-refractivity contribution in [2.24, 2.45) is 5.73 Å². The minimum Gasteiger partial charge on any atom is -0.469 e. The number of esters is 1. The summed E-state index contributed by atoms with van der Waals surface area (Å²) in [5.41, 5.74) is 7.98. The van der Waals surface area contributed by atoms with Crippen LogP contribution in [-0.2, 0) is 16.0 Å². The van der Waals surface area contributed by atoms with Crippen LogP contribution in [0.15, 0.2) is 12.1 Å². The summed E-state index contributed by atoms with van der Waals surface area (Å²) >= 11 is 0. The highest BCUT2D eigenvalue weighted by molar-refractivity contribution is 5.81. The summed E-state index contributed by atoms with van der Waals surface area (Å²) in [5, 5.41) is 0. The fourth-order valence-corrected chi connectivity index (χ4v) is 2.73. The summed E-state index contributed by atoms with van der Waals surface area (Å²) in [6.45, 7) is 0.237. The summed E-state index contributed by atoms with van der Waals surface area (Å²) in [4.78, 5) is 11.9. The highest BCUT2D eigenvalue weighted by Gasteiger charge is 2.36. The largest absolute Gasteiger partial charge is 0.469 e. The van der Waals surface area contributed by atoms with E-state index in [0.29, 0.717) is 0 Å². The Balaban J connectivity index is 2.10. The van der Waals surface area contributed by atoms with Crippen molar-refractivity contribution in [1.29, 1.82) is 0 Å². The van der Waals surface area contributed by atoms with E-state index in [2.05, 4.69) is 0 Å². The van der Waals surface area contributed by atoms with E-state index in [-0.39, 0.29) is 18.8 Å². The van der Waals surface area contributed by atoms with E-state index in [1.807, 2.05) is 12.1 Å². The molecule has 0 aromatic heterocycles. The predicted octanol–water partition coefficient (Wildman–Crippen LogP) is 0.945. The molecule has 1 aliphatic carbocycles. The second-order valence-electron chi connectivity index (χ2n) is 4.57. The van der Waals surface area contributed by atoms with Crippen molar-refractivity contribution in [3.05, 3.63) is 23.3 Å². The van der Waals surface area contributed by atoms with Gasteiger partial charge < -0.3 is 19.9 Å². The number of nitrogens with two attached hydrogens (primary N) is 1. The van der Waals surface area contributed by atoms with Crippen molar-refractivity contribution in [2.45, 2.75) is 24.8 Å². The molecule has 0 radical (unpaired) electrons. The maximum absolute atomic E-state index is 11.9. The number of ether oxygens (including phenoxy) is 3. The second-order valence-corrected chi connectivity index (χ2v) is 4.57. The lowest BCUT2D eigenvalue weighted by Gasteiger charge is -2.29. The molecule has 0 saturated carbocycles. The molecule has 3 rings (SSSR count). The van der Waals surface area contributed by atoms with Gasteiger partial charge in [-0.2, -0.15) is 0 Å².